The molecule has 3 aromatic rings. The molecule has 2 aliphatic heterocycles. The summed E-state index contributed by atoms with van der Waals surface area (Å²) >= 11 is 5.49. The van der Waals surface area contributed by atoms with Crippen LogP contribution in [-0.4, -0.2) is 22.4 Å². The molecule has 29 heavy (non-hydrogen) atoms. The summed E-state index contributed by atoms with van der Waals surface area (Å²) in [4.78, 5) is 25.6. The number of halogens is 1. The third-order valence-electron chi connectivity index (χ3n) is 5.26. The molecule has 0 unspecified atom stereocenters. The molecule has 2 aliphatic rings. The molecule has 0 saturated heterocycles. The van der Waals surface area contributed by atoms with Crippen molar-refractivity contribution in [3.8, 4) is 5.75 Å². The lowest BCUT2D eigenvalue weighted by atomic mass is 9.94. The number of rotatable bonds is 1. The van der Waals surface area contributed by atoms with Crippen molar-refractivity contribution in [2.75, 3.05) is 11.7 Å². The molecule has 5 rings (SSSR count). The summed E-state index contributed by atoms with van der Waals surface area (Å²) in [6.45, 7) is 0.235. The Hall–Kier alpha value is -2.71. The molecule has 3 heterocycles. The highest BCUT2D eigenvalue weighted by Gasteiger charge is 2.35. The number of aromatic nitrogens is 1. The minimum atomic E-state index is -0.577. The number of hydrogen-bond donors (Lipinski definition) is 2. The van der Waals surface area contributed by atoms with Gasteiger partial charge < -0.3 is 10.4 Å². The van der Waals surface area contributed by atoms with Crippen LogP contribution < -0.4 is 15.8 Å². The number of hydrogen-bond acceptors (Lipinski definition) is 5. The van der Waals surface area contributed by atoms with E-state index in [0.717, 1.165) is 26.2 Å². The van der Waals surface area contributed by atoms with Gasteiger partial charge >= 0.3 is 0 Å². The molecule has 0 fully saturated rings. The first-order chi connectivity index (χ1) is 14.1. The number of pyridine rings is 1. The Balaban J connectivity index is 1.80. The molecule has 1 atom stereocenters. The van der Waals surface area contributed by atoms with E-state index in [1.807, 2.05) is 29.3 Å². The molecule has 1 aromatic heterocycles. The van der Waals surface area contributed by atoms with Crippen LogP contribution in [0.3, 0.4) is 0 Å². The molecule has 0 spiro atoms. The number of carbonyl (C=O) groups is 1. The van der Waals surface area contributed by atoms with Gasteiger partial charge in [0.2, 0.25) is 5.43 Å². The fourth-order valence-corrected chi connectivity index (χ4v) is 5.65. The first kappa shape index (κ1) is 18.3. The molecule has 0 aliphatic carbocycles. The average Bonchev–Trinajstić information content (AvgIpc) is 2.89. The van der Waals surface area contributed by atoms with Crippen molar-refractivity contribution in [3.05, 3.63) is 91.8 Å². The molecule has 0 bridgehead atoms. The number of thioether (sulfide) groups is 1. The van der Waals surface area contributed by atoms with Crippen molar-refractivity contribution < 1.29 is 9.90 Å². The van der Waals surface area contributed by atoms with Gasteiger partial charge in [-0.3, -0.25) is 19.3 Å². The molecule has 146 valence electrons. The van der Waals surface area contributed by atoms with Gasteiger partial charge in [-0.05, 0) is 28.8 Å². The first-order valence-corrected chi connectivity index (χ1v) is 10.8. The molecule has 8 heteroatoms. The summed E-state index contributed by atoms with van der Waals surface area (Å²) in [7, 11) is 0. The summed E-state index contributed by atoms with van der Waals surface area (Å²) in [5, 5.41) is 15.1. The Labute approximate surface area is 179 Å². The molecule has 0 radical (unpaired) electrons. The first-order valence-electron chi connectivity index (χ1n) is 9.05. The molecule has 2 N–H and O–H groups in total. The van der Waals surface area contributed by atoms with Crippen LogP contribution in [0.2, 0.25) is 0 Å². The number of aromatic hydroxyl groups is 1. The van der Waals surface area contributed by atoms with Crippen molar-refractivity contribution in [1.82, 2.24) is 9.99 Å². The summed E-state index contributed by atoms with van der Waals surface area (Å²) in [6, 6.07) is 15.4. The van der Waals surface area contributed by atoms with Gasteiger partial charge in [0.15, 0.2) is 11.4 Å². The van der Waals surface area contributed by atoms with Crippen LogP contribution in [-0.2, 0) is 5.75 Å². The van der Waals surface area contributed by atoms with E-state index in [4.69, 9.17) is 0 Å². The lowest BCUT2D eigenvalue weighted by Gasteiger charge is -2.40. The zero-order valence-electron chi connectivity index (χ0n) is 15.1. The monoisotopic (exact) mass is 469 g/mol. The fourth-order valence-electron chi connectivity index (χ4n) is 3.94. The number of benzene rings is 2. The molecule has 0 saturated carbocycles. The van der Waals surface area contributed by atoms with Crippen LogP contribution in [0, 0.1) is 0 Å². The Morgan fingerprint density at radius 1 is 1.10 bits per heavy atom. The van der Waals surface area contributed by atoms with Crippen molar-refractivity contribution in [2.45, 2.75) is 16.7 Å². The lowest BCUT2D eigenvalue weighted by Crippen LogP contribution is -2.53. The molecule has 6 nitrogen and oxygen atoms in total. The summed E-state index contributed by atoms with van der Waals surface area (Å²) in [6.07, 6.45) is 1.55. The third-order valence-corrected chi connectivity index (χ3v) is 7.09. The van der Waals surface area contributed by atoms with Gasteiger partial charge in [-0.2, -0.15) is 0 Å². The highest BCUT2D eigenvalue weighted by molar-refractivity contribution is 9.10. The predicted octanol–water partition coefficient (Wildman–Crippen LogP) is 3.35. The van der Waals surface area contributed by atoms with Crippen LogP contribution in [0.4, 0.5) is 0 Å². The number of nitrogens with one attached hydrogen (secondary N) is 1. The lowest BCUT2D eigenvalue weighted by molar-refractivity contribution is 0.0915. The van der Waals surface area contributed by atoms with E-state index in [1.165, 1.54) is 11.6 Å². The highest BCUT2D eigenvalue weighted by atomic mass is 79.9. The van der Waals surface area contributed by atoms with Gasteiger partial charge in [0.1, 0.15) is 6.67 Å². The van der Waals surface area contributed by atoms with Crippen LogP contribution in [0.15, 0.2) is 68.9 Å². The minimum absolute atomic E-state index is 0.0493. The van der Waals surface area contributed by atoms with Gasteiger partial charge in [-0.15, -0.1) is 11.8 Å². The third kappa shape index (κ3) is 2.86. The smallest absolute Gasteiger partial charge is 0.275 e. The zero-order chi connectivity index (χ0) is 20.1. The molecular weight excluding hydrogens is 454 g/mol. The van der Waals surface area contributed by atoms with Gasteiger partial charge in [0.25, 0.3) is 5.91 Å². The summed E-state index contributed by atoms with van der Waals surface area (Å²) in [5.74, 6) is -0.191. The Morgan fingerprint density at radius 2 is 1.93 bits per heavy atom. The van der Waals surface area contributed by atoms with Crippen LogP contribution in [0.5, 0.6) is 5.75 Å². The predicted molar refractivity (Wildman–Crippen MR) is 115 cm³/mol. The van der Waals surface area contributed by atoms with Gasteiger partial charge in [-0.1, -0.05) is 46.3 Å². The van der Waals surface area contributed by atoms with E-state index in [9.17, 15) is 14.7 Å². The van der Waals surface area contributed by atoms with Crippen molar-refractivity contribution in [3.63, 3.8) is 0 Å². The average molecular weight is 470 g/mol. The second kappa shape index (κ2) is 6.96. The van der Waals surface area contributed by atoms with E-state index >= 15 is 0 Å². The maximum atomic E-state index is 12.4. The van der Waals surface area contributed by atoms with Gasteiger partial charge in [0.05, 0.1) is 6.04 Å². The Morgan fingerprint density at radius 3 is 2.79 bits per heavy atom. The SMILES string of the molecule is O=C1NCN([C@@H]2c3ccccc3SCc3cccc(Br)c32)n2ccc(=O)c(O)c21. The van der Waals surface area contributed by atoms with Crippen LogP contribution in [0.1, 0.15) is 33.2 Å². The van der Waals surface area contributed by atoms with Crippen molar-refractivity contribution in [1.29, 1.82) is 0 Å². The van der Waals surface area contributed by atoms with E-state index < -0.39 is 17.1 Å². The largest absolute Gasteiger partial charge is 0.502 e. The number of fused-ring (bicyclic) bond motifs is 3. The molecule has 2 aromatic carbocycles. The van der Waals surface area contributed by atoms with Gasteiger partial charge in [0, 0.05) is 27.4 Å². The normalized spacial score (nSPS) is 17.6. The number of amides is 1. The van der Waals surface area contributed by atoms with Crippen LogP contribution >= 0.6 is 27.7 Å². The zero-order valence-corrected chi connectivity index (χ0v) is 17.5. The second-order valence-corrected chi connectivity index (χ2v) is 8.74. The maximum absolute atomic E-state index is 12.4. The van der Waals surface area contributed by atoms with Crippen molar-refractivity contribution >= 4 is 33.6 Å². The standard InChI is InChI=1S/C21H16BrN3O3S/c22-14-6-3-4-12-10-29-16-7-2-1-5-13(16)18(17(12)14)25-11-23-21(28)19-20(27)15(26)8-9-24(19)25/h1-9,18,27H,10-11H2,(H,23,28)/t18-/m1/s1. The number of nitrogens with zero attached hydrogens (tertiary/aromatic N) is 2. The van der Waals surface area contributed by atoms with Crippen LogP contribution in [0.25, 0.3) is 0 Å². The fraction of sp³-hybridized carbons (Fsp3) is 0.143. The number of carbonyl (C=O) groups excluding carboxylic acids is 1. The second-order valence-electron chi connectivity index (χ2n) is 6.87. The van der Waals surface area contributed by atoms with E-state index in [2.05, 4.69) is 39.4 Å². The Kier molecular flexibility index (Phi) is 4.40. The van der Waals surface area contributed by atoms with E-state index in [0.29, 0.717) is 0 Å². The highest BCUT2D eigenvalue weighted by Crippen LogP contribution is 2.44. The molecular formula is C21H16BrN3O3S. The summed E-state index contributed by atoms with van der Waals surface area (Å²) < 4.78 is 2.57. The summed E-state index contributed by atoms with van der Waals surface area (Å²) in [5.41, 5.74) is 2.77. The quantitative estimate of drug-likeness (QED) is 0.571. The van der Waals surface area contributed by atoms with Crippen molar-refractivity contribution in [2.24, 2.45) is 0 Å². The Bertz CT molecular complexity index is 1210. The van der Waals surface area contributed by atoms with E-state index in [1.54, 1.807) is 22.6 Å². The molecule has 1 amide bonds. The van der Waals surface area contributed by atoms with Gasteiger partial charge in [-0.25, -0.2) is 0 Å². The minimum Gasteiger partial charge on any atom is -0.502 e. The maximum Gasteiger partial charge on any atom is 0.275 e. The van der Waals surface area contributed by atoms with E-state index in [-0.39, 0.29) is 18.4 Å². The topological polar surface area (TPSA) is 74.6 Å².